The number of nitrogens with one attached hydrogen (secondary N) is 2. The number of amides is 2. The fraction of sp³-hybridized carbons (Fsp3) is 0.440. The Hall–Kier alpha value is -2.62. The molecule has 0 unspecified atom stereocenters. The summed E-state index contributed by atoms with van der Waals surface area (Å²) < 4.78 is 0. The SMILES string of the molecule is Cc1cccc(C)c1NC(=O)CCCCCCCC(=O)Nc1c(C)cccc1C. The largest absolute Gasteiger partial charge is 0.326 e. The molecule has 0 aromatic heterocycles. The zero-order chi connectivity index (χ0) is 21.2. The summed E-state index contributed by atoms with van der Waals surface area (Å²) in [5, 5.41) is 6.07. The van der Waals surface area contributed by atoms with Crippen LogP contribution in [0.15, 0.2) is 36.4 Å². The van der Waals surface area contributed by atoms with E-state index in [1.165, 1.54) is 0 Å². The molecule has 2 aromatic carbocycles. The first-order valence-corrected chi connectivity index (χ1v) is 10.6. The van der Waals surface area contributed by atoms with Crippen molar-refractivity contribution in [1.29, 1.82) is 0 Å². The van der Waals surface area contributed by atoms with Gasteiger partial charge in [-0.3, -0.25) is 9.59 Å². The third-order valence-corrected chi connectivity index (χ3v) is 5.30. The van der Waals surface area contributed by atoms with E-state index < -0.39 is 0 Å². The Morgan fingerprint density at radius 3 is 1.24 bits per heavy atom. The van der Waals surface area contributed by atoms with Crippen LogP contribution < -0.4 is 10.6 Å². The summed E-state index contributed by atoms with van der Waals surface area (Å²) in [6.45, 7) is 8.05. The number of benzene rings is 2. The normalized spacial score (nSPS) is 10.6. The van der Waals surface area contributed by atoms with Gasteiger partial charge >= 0.3 is 0 Å². The maximum Gasteiger partial charge on any atom is 0.224 e. The second kappa shape index (κ2) is 11.4. The average Bonchev–Trinajstić information content (AvgIpc) is 2.67. The highest BCUT2D eigenvalue weighted by Gasteiger charge is 2.08. The summed E-state index contributed by atoms with van der Waals surface area (Å²) in [6, 6.07) is 12.1. The third kappa shape index (κ3) is 7.37. The molecule has 2 rings (SSSR count). The van der Waals surface area contributed by atoms with Crippen molar-refractivity contribution in [2.24, 2.45) is 0 Å². The Bertz CT molecular complexity index is 733. The van der Waals surface area contributed by atoms with E-state index in [1.54, 1.807) is 0 Å². The lowest BCUT2D eigenvalue weighted by Crippen LogP contribution is -2.13. The summed E-state index contributed by atoms with van der Waals surface area (Å²) in [4.78, 5) is 24.3. The minimum absolute atomic E-state index is 0.0791. The van der Waals surface area contributed by atoms with Crippen LogP contribution in [0.25, 0.3) is 0 Å². The molecule has 0 fully saturated rings. The Morgan fingerprint density at radius 1 is 0.586 bits per heavy atom. The summed E-state index contributed by atoms with van der Waals surface area (Å²) in [5.74, 6) is 0.158. The van der Waals surface area contributed by atoms with Crippen molar-refractivity contribution in [2.75, 3.05) is 10.6 Å². The molecule has 0 aliphatic heterocycles. The molecule has 156 valence electrons. The van der Waals surface area contributed by atoms with Crippen molar-refractivity contribution in [1.82, 2.24) is 0 Å². The van der Waals surface area contributed by atoms with Gasteiger partial charge in [-0.05, 0) is 62.8 Å². The van der Waals surface area contributed by atoms with Crippen LogP contribution in [-0.2, 0) is 9.59 Å². The highest BCUT2D eigenvalue weighted by Crippen LogP contribution is 2.21. The minimum Gasteiger partial charge on any atom is -0.326 e. The van der Waals surface area contributed by atoms with Crippen LogP contribution >= 0.6 is 0 Å². The van der Waals surface area contributed by atoms with Crippen LogP contribution in [-0.4, -0.2) is 11.8 Å². The van der Waals surface area contributed by atoms with Gasteiger partial charge < -0.3 is 10.6 Å². The zero-order valence-electron chi connectivity index (χ0n) is 18.2. The van der Waals surface area contributed by atoms with Gasteiger partial charge in [-0.15, -0.1) is 0 Å². The van der Waals surface area contributed by atoms with E-state index in [-0.39, 0.29) is 11.8 Å². The maximum absolute atomic E-state index is 12.2. The summed E-state index contributed by atoms with van der Waals surface area (Å²) >= 11 is 0. The van der Waals surface area contributed by atoms with E-state index in [1.807, 2.05) is 64.1 Å². The van der Waals surface area contributed by atoms with E-state index in [0.29, 0.717) is 12.8 Å². The fourth-order valence-corrected chi connectivity index (χ4v) is 3.53. The Morgan fingerprint density at radius 2 is 0.897 bits per heavy atom. The van der Waals surface area contributed by atoms with Gasteiger partial charge in [0.1, 0.15) is 0 Å². The number of aryl methyl sites for hydroxylation is 4. The van der Waals surface area contributed by atoms with Gasteiger partial charge in [-0.1, -0.05) is 55.7 Å². The van der Waals surface area contributed by atoms with Crippen LogP contribution in [0.2, 0.25) is 0 Å². The zero-order valence-corrected chi connectivity index (χ0v) is 18.2. The molecular weight excluding hydrogens is 360 g/mol. The number of para-hydroxylation sites is 2. The van der Waals surface area contributed by atoms with Crippen molar-refractivity contribution >= 4 is 23.2 Å². The second-order valence-electron chi connectivity index (χ2n) is 7.90. The predicted octanol–water partition coefficient (Wildman–Crippen LogP) is 6.23. The lowest BCUT2D eigenvalue weighted by atomic mass is 10.1. The molecule has 2 amide bonds. The van der Waals surface area contributed by atoms with E-state index >= 15 is 0 Å². The second-order valence-corrected chi connectivity index (χ2v) is 7.90. The summed E-state index contributed by atoms with van der Waals surface area (Å²) in [6.07, 6.45) is 5.92. The first-order valence-electron chi connectivity index (χ1n) is 10.6. The van der Waals surface area contributed by atoms with Crippen molar-refractivity contribution in [3.63, 3.8) is 0 Å². The quantitative estimate of drug-likeness (QED) is 0.469. The Kier molecular flexibility index (Phi) is 8.91. The first-order chi connectivity index (χ1) is 13.9. The monoisotopic (exact) mass is 394 g/mol. The van der Waals surface area contributed by atoms with Crippen molar-refractivity contribution < 1.29 is 9.59 Å². The van der Waals surface area contributed by atoms with Gasteiger partial charge in [0, 0.05) is 24.2 Å². The van der Waals surface area contributed by atoms with E-state index in [0.717, 1.165) is 65.7 Å². The molecule has 4 nitrogen and oxygen atoms in total. The number of unbranched alkanes of at least 4 members (excludes halogenated alkanes) is 4. The Balaban J connectivity index is 1.58. The van der Waals surface area contributed by atoms with E-state index in [4.69, 9.17) is 0 Å². The third-order valence-electron chi connectivity index (χ3n) is 5.30. The molecule has 0 aliphatic carbocycles. The Labute approximate surface area is 175 Å². The first kappa shape index (κ1) is 22.7. The number of hydrogen-bond donors (Lipinski definition) is 2. The molecule has 4 heteroatoms. The molecule has 0 bridgehead atoms. The molecule has 2 N–H and O–H groups in total. The molecule has 0 radical (unpaired) electrons. The standard InChI is InChI=1S/C25H34N2O2/c1-18-12-10-13-19(2)24(18)26-22(28)16-8-6-5-7-9-17-23(29)27-25-20(3)14-11-15-21(25)4/h10-15H,5-9,16-17H2,1-4H3,(H,26,28)(H,27,29). The molecule has 2 aromatic rings. The van der Waals surface area contributed by atoms with Gasteiger partial charge in [-0.25, -0.2) is 0 Å². The molecule has 0 saturated carbocycles. The predicted molar refractivity (Wildman–Crippen MR) is 121 cm³/mol. The number of hydrogen-bond acceptors (Lipinski definition) is 2. The molecule has 0 heterocycles. The number of anilines is 2. The lowest BCUT2D eigenvalue weighted by Gasteiger charge is -2.11. The van der Waals surface area contributed by atoms with Gasteiger partial charge in [0.2, 0.25) is 11.8 Å². The highest BCUT2D eigenvalue weighted by atomic mass is 16.2. The van der Waals surface area contributed by atoms with E-state index in [2.05, 4.69) is 10.6 Å². The van der Waals surface area contributed by atoms with Crippen LogP contribution in [0, 0.1) is 27.7 Å². The molecule has 0 aliphatic rings. The number of carbonyl (C=O) groups excluding carboxylic acids is 2. The van der Waals surface area contributed by atoms with Crippen molar-refractivity contribution in [3.05, 3.63) is 58.7 Å². The smallest absolute Gasteiger partial charge is 0.224 e. The molecular formula is C25H34N2O2. The van der Waals surface area contributed by atoms with Crippen LogP contribution in [0.5, 0.6) is 0 Å². The van der Waals surface area contributed by atoms with Crippen LogP contribution in [0.3, 0.4) is 0 Å². The van der Waals surface area contributed by atoms with E-state index in [9.17, 15) is 9.59 Å². The molecule has 29 heavy (non-hydrogen) atoms. The molecule has 0 spiro atoms. The topological polar surface area (TPSA) is 58.2 Å². The fourth-order valence-electron chi connectivity index (χ4n) is 3.53. The maximum atomic E-state index is 12.2. The van der Waals surface area contributed by atoms with Crippen molar-refractivity contribution in [3.8, 4) is 0 Å². The van der Waals surface area contributed by atoms with Gasteiger partial charge in [-0.2, -0.15) is 0 Å². The lowest BCUT2D eigenvalue weighted by molar-refractivity contribution is -0.117. The van der Waals surface area contributed by atoms with Crippen LogP contribution in [0.1, 0.15) is 67.2 Å². The van der Waals surface area contributed by atoms with Gasteiger partial charge in [0.15, 0.2) is 0 Å². The number of carbonyl (C=O) groups is 2. The van der Waals surface area contributed by atoms with Crippen LogP contribution in [0.4, 0.5) is 11.4 Å². The molecule has 0 saturated heterocycles. The van der Waals surface area contributed by atoms with Gasteiger partial charge in [0.05, 0.1) is 0 Å². The summed E-state index contributed by atoms with van der Waals surface area (Å²) in [7, 11) is 0. The van der Waals surface area contributed by atoms with Gasteiger partial charge in [0.25, 0.3) is 0 Å². The summed E-state index contributed by atoms with van der Waals surface area (Å²) in [5.41, 5.74) is 6.25. The minimum atomic E-state index is 0.0791. The average molecular weight is 395 g/mol. The number of rotatable bonds is 10. The van der Waals surface area contributed by atoms with Crippen molar-refractivity contribution in [2.45, 2.75) is 72.6 Å². The molecule has 0 atom stereocenters. The highest BCUT2D eigenvalue weighted by molar-refractivity contribution is 5.92.